The molecule has 0 fully saturated rings. The number of rotatable bonds is 6. The second-order valence-electron chi connectivity index (χ2n) is 6.81. The Morgan fingerprint density at radius 1 is 1.20 bits per heavy atom. The molecule has 12 nitrogen and oxygen atoms in total. The molecule has 1 aromatic carbocycles. The van der Waals surface area contributed by atoms with Crippen LogP contribution in [0.15, 0.2) is 18.2 Å². The van der Waals surface area contributed by atoms with Crippen molar-refractivity contribution in [1.29, 1.82) is 0 Å². The van der Waals surface area contributed by atoms with Crippen LogP contribution in [-0.2, 0) is 27.3 Å². The zero-order valence-electron chi connectivity index (χ0n) is 16.4. The Labute approximate surface area is 170 Å². The molecule has 0 unspecified atom stereocenters. The summed E-state index contributed by atoms with van der Waals surface area (Å²) in [6.07, 6.45) is 1.24. The van der Waals surface area contributed by atoms with Gasteiger partial charge in [0.15, 0.2) is 6.61 Å². The molecular weight excluding hydrogens is 398 g/mol. The summed E-state index contributed by atoms with van der Waals surface area (Å²) in [5, 5.41) is 25.9. The number of nitro groups is 2. The van der Waals surface area contributed by atoms with Crippen LogP contribution in [0.5, 0.6) is 0 Å². The van der Waals surface area contributed by atoms with Crippen LogP contribution in [0.1, 0.15) is 23.4 Å². The van der Waals surface area contributed by atoms with Crippen molar-refractivity contribution in [2.75, 3.05) is 18.1 Å². The lowest BCUT2D eigenvalue weighted by molar-refractivity contribution is -0.386. The summed E-state index contributed by atoms with van der Waals surface area (Å²) in [7, 11) is 0. The number of anilines is 1. The molecule has 0 spiro atoms. The van der Waals surface area contributed by atoms with E-state index in [-0.39, 0.29) is 29.3 Å². The van der Waals surface area contributed by atoms with Crippen LogP contribution >= 0.6 is 0 Å². The molecule has 30 heavy (non-hydrogen) atoms. The van der Waals surface area contributed by atoms with Gasteiger partial charge in [0, 0.05) is 24.4 Å². The van der Waals surface area contributed by atoms with Crippen molar-refractivity contribution >= 4 is 28.9 Å². The van der Waals surface area contributed by atoms with Crippen molar-refractivity contribution < 1.29 is 24.2 Å². The fourth-order valence-corrected chi connectivity index (χ4v) is 3.45. The zero-order chi connectivity index (χ0) is 22.0. The van der Waals surface area contributed by atoms with Gasteiger partial charge in [-0.2, -0.15) is 5.10 Å². The summed E-state index contributed by atoms with van der Waals surface area (Å²) in [5.41, 5.74) is 1.42. The molecule has 2 aromatic rings. The fraction of sp³-hybridized carbons (Fsp3) is 0.389. The summed E-state index contributed by atoms with van der Waals surface area (Å²) in [5.74, 6) is -1.22. The molecule has 0 saturated heterocycles. The lowest BCUT2D eigenvalue weighted by atomic mass is 10.0. The van der Waals surface area contributed by atoms with Gasteiger partial charge in [0.25, 0.3) is 11.6 Å². The first-order valence-electron chi connectivity index (χ1n) is 9.10. The minimum atomic E-state index is -0.759. The molecule has 158 valence electrons. The summed E-state index contributed by atoms with van der Waals surface area (Å²) >= 11 is 0. The fourth-order valence-electron chi connectivity index (χ4n) is 3.45. The Morgan fingerprint density at radius 2 is 1.93 bits per heavy atom. The van der Waals surface area contributed by atoms with E-state index in [0.29, 0.717) is 30.6 Å². The molecule has 1 aromatic heterocycles. The van der Waals surface area contributed by atoms with Crippen molar-refractivity contribution in [3.63, 3.8) is 0 Å². The molecule has 1 aliphatic heterocycles. The summed E-state index contributed by atoms with van der Waals surface area (Å²) in [6.45, 7) is 2.47. The zero-order valence-corrected chi connectivity index (χ0v) is 16.4. The lowest BCUT2D eigenvalue weighted by Gasteiger charge is -2.29. The van der Waals surface area contributed by atoms with Gasteiger partial charge in [-0.3, -0.25) is 34.5 Å². The van der Waals surface area contributed by atoms with Crippen molar-refractivity contribution in [3.8, 4) is 0 Å². The molecular formula is C18H19N5O7. The molecule has 0 saturated carbocycles. The predicted octanol–water partition coefficient (Wildman–Crippen LogP) is 1.84. The Hall–Kier alpha value is -3.83. The minimum absolute atomic E-state index is 0.0477. The second kappa shape index (κ2) is 8.27. The van der Waals surface area contributed by atoms with Gasteiger partial charge in [-0.15, -0.1) is 0 Å². The largest absolute Gasteiger partial charge is 0.454 e. The SMILES string of the molecule is Cc1nn(CC(=O)OCC(=O)N2CCCc3cc([N+](=O)[O-])ccc32)c(C)c1[N+](=O)[O-]. The molecule has 0 aliphatic carbocycles. The molecule has 3 rings (SSSR count). The van der Waals surface area contributed by atoms with E-state index in [1.54, 1.807) is 0 Å². The van der Waals surface area contributed by atoms with E-state index in [9.17, 15) is 29.8 Å². The van der Waals surface area contributed by atoms with Crippen LogP contribution < -0.4 is 4.90 Å². The normalized spacial score (nSPS) is 12.9. The number of hydrogen-bond acceptors (Lipinski definition) is 8. The maximum Gasteiger partial charge on any atom is 0.328 e. The van der Waals surface area contributed by atoms with Crippen LogP contribution in [0, 0.1) is 34.1 Å². The molecule has 0 radical (unpaired) electrons. The highest BCUT2D eigenvalue weighted by atomic mass is 16.6. The van der Waals surface area contributed by atoms with Gasteiger partial charge >= 0.3 is 11.7 Å². The highest BCUT2D eigenvalue weighted by molar-refractivity contribution is 5.96. The number of benzene rings is 1. The van der Waals surface area contributed by atoms with Gasteiger partial charge < -0.3 is 9.64 Å². The van der Waals surface area contributed by atoms with E-state index in [1.807, 2.05) is 0 Å². The number of aryl methyl sites for hydroxylation is 2. The van der Waals surface area contributed by atoms with E-state index in [1.165, 1.54) is 36.9 Å². The van der Waals surface area contributed by atoms with Crippen molar-refractivity contribution in [2.45, 2.75) is 33.2 Å². The maximum atomic E-state index is 12.6. The molecule has 0 bridgehead atoms. The van der Waals surface area contributed by atoms with Crippen molar-refractivity contribution in [2.24, 2.45) is 0 Å². The van der Waals surface area contributed by atoms with Gasteiger partial charge in [0.1, 0.15) is 17.9 Å². The first-order chi connectivity index (χ1) is 14.2. The third-order valence-electron chi connectivity index (χ3n) is 4.85. The Bertz CT molecular complexity index is 1050. The van der Waals surface area contributed by atoms with Crippen LogP contribution in [-0.4, -0.2) is 44.7 Å². The Balaban J connectivity index is 1.64. The number of ether oxygens (including phenoxy) is 1. The highest BCUT2D eigenvalue weighted by Gasteiger charge is 2.26. The van der Waals surface area contributed by atoms with Crippen LogP contribution in [0.2, 0.25) is 0 Å². The van der Waals surface area contributed by atoms with Gasteiger partial charge in [0.2, 0.25) is 0 Å². The number of nitro benzene ring substituents is 1. The second-order valence-corrected chi connectivity index (χ2v) is 6.81. The average Bonchev–Trinajstić information content (AvgIpc) is 2.98. The lowest BCUT2D eigenvalue weighted by Crippen LogP contribution is -2.38. The minimum Gasteiger partial charge on any atom is -0.454 e. The molecule has 1 amide bonds. The number of nitrogens with zero attached hydrogens (tertiary/aromatic N) is 5. The van der Waals surface area contributed by atoms with E-state index in [4.69, 9.17) is 4.74 Å². The third-order valence-corrected chi connectivity index (χ3v) is 4.85. The standard InChI is InChI=1S/C18H19N5O7/c1-11-18(23(28)29)12(2)21(19-11)9-17(25)30-10-16(24)20-7-3-4-13-8-14(22(26)27)5-6-15(13)20/h5-6,8H,3-4,7,9-10H2,1-2H3. The quantitative estimate of drug-likeness (QED) is 0.392. The smallest absolute Gasteiger partial charge is 0.328 e. The van der Waals surface area contributed by atoms with Gasteiger partial charge in [-0.1, -0.05) is 0 Å². The highest BCUT2D eigenvalue weighted by Crippen LogP contribution is 2.30. The van der Waals surface area contributed by atoms with E-state index < -0.39 is 28.3 Å². The monoisotopic (exact) mass is 417 g/mol. The Morgan fingerprint density at radius 3 is 2.57 bits per heavy atom. The van der Waals surface area contributed by atoms with E-state index in [0.717, 1.165) is 4.68 Å². The van der Waals surface area contributed by atoms with E-state index in [2.05, 4.69) is 5.10 Å². The van der Waals surface area contributed by atoms with Crippen LogP contribution in [0.25, 0.3) is 0 Å². The molecule has 12 heteroatoms. The van der Waals surface area contributed by atoms with Crippen molar-refractivity contribution in [3.05, 3.63) is 55.4 Å². The number of carbonyl (C=O) groups excluding carboxylic acids is 2. The number of aromatic nitrogens is 2. The summed E-state index contributed by atoms with van der Waals surface area (Å²) in [6, 6.07) is 4.28. The topological polar surface area (TPSA) is 151 Å². The molecule has 0 atom stereocenters. The maximum absolute atomic E-state index is 12.6. The first kappa shape index (κ1) is 20.9. The summed E-state index contributed by atoms with van der Waals surface area (Å²) < 4.78 is 6.20. The number of hydrogen-bond donors (Lipinski definition) is 0. The Kier molecular flexibility index (Phi) is 5.76. The van der Waals surface area contributed by atoms with Crippen LogP contribution in [0.3, 0.4) is 0 Å². The number of non-ortho nitro benzene ring substituents is 1. The number of fused-ring (bicyclic) bond motifs is 1. The van der Waals surface area contributed by atoms with Crippen LogP contribution in [0.4, 0.5) is 17.1 Å². The molecule has 1 aliphatic rings. The summed E-state index contributed by atoms with van der Waals surface area (Å²) in [4.78, 5) is 47.0. The van der Waals surface area contributed by atoms with E-state index >= 15 is 0 Å². The van der Waals surface area contributed by atoms with Gasteiger partial charge in [-0.05, 0) is 38.3 Å². The molecule has 2 heterocycles. The number of esters is 1. The third kappa shape index (κ3) is 4.11. The van der Waals surface area contributed by atoms with Gasteiger partial charge in [0.05, 0.1) is 9.85 Å². The number of carbonyl (C=O) groups is 2. The van der Waals surface area contributed by atoms with Gasteiger partial charge in [-0.25, -0.2) is 0 Å². The van der Waals surface area contributed by atoms with Crippen molar-refractivity contribution in [1.82, 2.24) is 9.78 Å². The predicted molar refractivity (Wildman–Crippen MR) is 103 cm³/mol. The number of amides is 1. The molecule has 0 N–H and O–H groups in total. The first-order valence-corrected chi connectivity index (χ1v) is 9.10. The average molecular weight is 417 g/mol.